The van der Waals surface area contributed by atoms with Gasteiger partial charge in [-0.15, -0.1) is 0 Å². The highest BCUT2D eigenvalue weighted by molar-refractivity contribution is 5.92. The Morgan fingerprint density at radius 1 is 1.19 bits per heavy atom. The second-order valence-corrected chi connectivity index (χ2v) is 6.11. The molecule has 6 nitrogen and oxygen atoms in total. The number of rotatable bonds is 7. The van der Waals surface area contributed by atoms with Crippen LogP contribution in [0.1, 0.15) is 36.7 Å². The van der Waals surface area contributed by atoms with Gasteiger partial charge >= 0.3 is 5.97 Å². The predicted octanol–water partition coefficient (Wildman–Crippen LogP) is 3.78. The number of esters is 1. The number of hydrogen-bond acceptors (Lipinski definition) is 5. The van der Waals surface area contributed by atoms with Gasteiger partial charge in [-0.3, -0.25) is 0 Å². The Bertz CT molecular complexity index is 891. The maximum absolute atomic E-state index is 12.8. The Morgan fingerprint density at radius 2 is 1.96 bits per heavy atom. The van der Waals surface area contributed by atoms with Gasteiger partial charge in [0.1, 0.15) is 11.6 Å². The Balaban J connectivity index is 1.49. The lowest BCUT2D eigenvalue weighted by atomic mass is 10.2. The Labute approximate surface area is 150 Å². The minimum Gasteiger partial charge on any atom is -0.493 e. The smallest absolute Gasteiger partial charge is 0.339 e. The van der Waals surface area contributed by atoms with E-state index in [-0.39, 0.29) is 18.5 Å². The summed E-state index contributed by atoms with van der Waals surface area (Å²) in [5.41, 5.74) is 1.13. The molecule has 1 aromatic carbocycles. The van der Waals surface area contributed by atoms with E-state index >= 15 is 0 Å². The van der Waals surface area contributed by atoms with Crippen LogP contribution in [-0.4, -0.2) is 33.9 Å². The summed E-state index contributed by atoms with van der Waals surface area (Å²) in [5.74, 6) is -0.163. The zero-order valence-electron chi connectivity index (χ0n) is 14.7. The Hall–Kier alpha value is -2.96. The second kappa shape index (κ2) is 7.95. The summed E-state index contributed by atoms with van der Waals surface area (Å²) in [6.07, 6.45) is 3.72. The molecule has 3 aromatic rings. The number of carbonyl (C=O) groups is 1. The van der Waals surface area contributed by atoms with Crippen molar-refractivity contribution in [3.05, 3.63) is 54.1 Å². The van der Waals surface area contributed by atoms with Crippen molar-refractivity contribution in [3.8, 4) is 5.75 Å². The van der Waals surface area contributed by atoms with E-state index < -0.39 is 5.97 Å². The van der Waals surface area contributed by atoms with Crippen LogP contribution in [0, 0.1) is 5.82 Å². The molecule has 0 radical (unpaired) electrons. The molecule has 7 heteroatoms. The summed E-state index contributed by atoms with van der Waals surface area (Å²) in [5, 5.41) is 5.08. The first-order valence-electron chi connectivity index (χ1n) is 8.43. The lowest BCUT2D eigenvalue weighted by Gasteiger charge is -2.08. The summed E-state index contributed by atoms with van der Waals surface area (Å²) >= 11 is 0. The maximum Gasteiger partial charge on any atom is 0.339 e. The molecule has 0 bridgehead atoms. The summed E-state index contributed by atoms with van der Waals surface area (Å²) in [4.78, 5) is 16.4. The summed E-state index contributed by atoms with van der Waals surface area (Å²) < 4.78 is 25.3. The monoisotopic (exact) mass is 357 g/mol. The lowest BCUT2D eigenvalue weighted by Crippen LogP contribution is -2.10. The first-order chi connectivity index (χ1) is 12.5. The van der Waals surface area contributed by atoms with Crippen LogP contribution >= 0.6 is 0 Å². The molecule has 2 aromatic heterocycles. The average Bonchev–Trinajstić information content (AvgIpc) is 3.06. The van der Waals surface area contributed by atoms with Gasteiger partial charge in [-0.1, -0.05) is 0 Å². The molecule has 0 spiro atoms. The van der Waals surface area contributed by atoms with E-state index in [0.29, 0.717) is 24.3 Å². The molecule has 0 aliphatic rings. The fourth-order valence-corrected chi connectivity index (χ4v) is 2.46. The molecule has 136 valence electrons. The van der Waals surface area contributed by atoms with Crippen molar-refractivity contribution in [2.24, 2.45) is 0 Å². The van der Waals surface area contributed by atoms with Crippen LogP contribution in [0.15, 0.2) is 42.7 Å². The van der Waals surface area contributed by atoms with Gasteiger partial charge in [0.2, 0.25) is 0 Å². The third-order valence-electron chi connectivity index (χ3n) is 3.76. The van der Waals surface area contributed by atoms with Crippen LogP contribution in [0.4, 0.5) is 4.39 Å². The lowest BCUT2D eigenvalue weighted by molar-refractivity contribution is 0.0485. The molecule has 0 saturated heterocycles. The summed E-state index contributed by atoms with van der Waals surface area (Å²) in [6.45, 7) is 4.63. The summed E-state index contributed by atoms with van der Waals surface area (Å²) in [7, 11) is 0. The quantitative estimate of drug-likeness (QED) is 0.476. The van der Waals surface area contributed by atoms with E-state index in [1.165, 1.54) is 18.3 Å². The molecule has 0 saturated carbocycles. The van der Waals surface area contributed by atoms with E-state index in [2.05, 4.69) is 10.1 Å². The molecule has 26 heavy (non-hydrogen) atoms. The topological polar surface area (TPSA) is 66.2 Å². The zero-order valence-corrected chi connectivity index (χ0v) is 14.7. The minimum absolute atomic E-state index is 0.193. The van der Waals surface area contributed by atoms with Gasteiger partial charge in [0, 0.05) is 24.0 Å². The fraction of sp³-hybridized carbons (Fsp3) is 0.316. The number of pyridine rings is 1. The molecule has 0 aliphatic carbocycles. The van der Waals surface area contributed by atoms with Gasteiger partial charge in [0.05, 0.1) is 25.0 Å². The van der Waals surface area contributed by atoms with Gasteiger partial charge in [-0.2, -0.15) is 5.10 Å². The van der Waals surface area contributed by atoms with Crippen LogP contribution in [0.2, 0.25) is 0 Å². The largest absolute Gasteiger partial charge is 0.493 e. The number of ether oxygens (including phenoxy) is 2. The minimum atomic E-state index is -0.432. The van der Waals surface area contributed by atoms with Crippen molar-refractivity contribution >= 4 is 17.0 Å². The highest BCUT2D eigenvalue weighted by Crippen LogP contribution is 2.17. The molecule has 0 N–H and O–H groups in total. The SMILES string of the molecule is CC(C)n1ncc2cc(C(=O)OCCCOc3ccc(F)cc3)cnc21. The molecular formula is C19H20FN3O3. The number of fused-ring (bicyclic) bond motifs is 1. The number of hydrogen-bond donors (Lipinski definition) is 0. The van der Waals surface area contributed by atoms with Gasteiger partial charge < -0.3 is 9.47 Å². The Morgan fingerprint density at radius 3 is 2.69 bits per heavy atom. The normalized spacial score (nSPS) is 11.1. The summed E-state index contributed by atoms with van der Waals surface area (Å²) in [6, 6.07) is 7.70. The van der Waals surface area contributed by atoms with Gasteiger partial charge in [-0.25, -0.2) is 18.9 Å². The number of carbonyl (C=O) groups excluding carboxylic acids is 1. The molecule has 0 aliphatic heterocycles. The predicted molar refractivity (Wildman–Crippen MR) is 94.7 cm³/mol. The number of benzene rings is 1. The van der Waals surface area contributed by atoms with Crippen molar-refractivity contribution < 1.29 is 18.7 Å². The van der Waals surface area contributed by atoms with E-state index in [0.717, 1.165) is 11.0 Å². The molecule has 2 heterocycles. The molecule has 0 unspecified atom stereocenters. The van der Waals surface area contributed by atoms with Crippen LogP contribution in [0.5, 0.6) is 5.75 Å². The number of halogens is 1. The van der Waals surface area contributed by atoms with Gasteiger partial charge in [0.25, 0.3) is 0 Å². The van der Waals surface area contributed by atoms with E-state index in [1.807, 2.05) is 13.8 Å². The van der Waals surface area contributed by atoms with E-state index in [9.17, 15) is 9.18 Å². The average molecular weight is 357 g/mol. The first kappa shape index (κ1) is 17.8. The van der Waals surface area contributed by atoms with Crippen molar-refractivity contribution in [3.63, 3.8) is 0 Å². The number of nitrogens with zero attached hydrogens (tertiary/aromatic N) is 3. The third kappa shape index (κ3) is 4.17. The zero-order chi connectivity index (χ0) is 18.5. The van der Waals surface area contributed by atoms with Crippen molar-refractivity contribution in [1.29, 1.82) is 0 Å². The third-order valence-corrected chi connectivity index (χ3v) is 3.76. The second-order valence-electron chi connectivity index (χ2n) is 6.11. The maximum atomic E-state index is 12.8. The van der Waals surface area contributed by atoms with Crippen molar-refractivity contribution in [1.82, 2.24) is 14.8 Å². The molecule has 0 atom stereocenters. The molecule has 0 fully saturated rings. The standard InChI is InChI=1S/C19H20FN3O3/c1-13(2)23-18-14(12-22-23)10-15(11-21-18)19(24)26-9-3-8-25-17-6-4-16(20)5-7-17/h4-7,10-13H,3,8-9H2,1-2H3. The van der Waals surface area contributed by atoms with Gasteiger partial charge in [-0.05, 0) is 44.2 Å². The van der Waals surface area contributed by atoms with Crippen LogP contribution in [0.25, 0.3) is 11.0 Å². The van der Waals surface area contributed by atoms with Crippen LogP contribution in [0.3, 0.4) is 0 Å². The van der Waals surface area contributed by atoms with Gasteiger partial charge in [0.15, 0.2) is 5.65 Å². The highest BCUT2D eigenvalue weighted by Gasteiger charge is 2.12. The Kier molecular flexibility index (Phi) is 5.46. The highest BCUT2D eigenvalue weighted by atomic mass is 19.1. The van der Waals surface area contributed by atoms with E-state index in [1.54, 1.807) is 29.1 Å². The van der Waals surface area contributed by atoms with Crippen LogP contribution in [-0.2, 0) is 4.74 Å². The fourth-order valence-electron chi connectivity index (χ4n) is 2.46. The van der Waals surface area contributed by atoms with E-state index in [4.69, 9.17) is 9.47 Å². The number of aromatic nitrogens is 3. The molecular weight excluding hydrogens is 337 g/mol. The van der Waals surface area contributed by atoms with Crippen LogP contribution < -0.4 is 4.74 Å². The van der Waals surface area contributed by atoms with Crippen molar-refractivity contribution in [2.45, 2.75) is 26.3 Å². The molecule has 0 amide bonds. The first-order valence-corrected chi connectivity index (χ1v) is 8.43. The van der Waals surface area contributed by atoms with Crippen molar-refractivity contribution in [2.75, 3.05) is 13.2 Å². The molecule has 3 rings (SSSR count).